The van der Waals surface area contributed by atoms with Gasteiger partial charge >= 0.3 is 5.97 Å². The standard InChI is InChI=1S/C21H20N2O5S/c1-13(24)14-5-4-6-16(9-14)27-12-20(26)28-11-15-10-19(25)23-17-7-2-3-8-18(17)29-21(23)22-15/h4-6,9-10H,2-3,7-8,11-12H2,1H3. The zero-order valence-corrected chi connectivity index (χ0v) is 16.8. The first-order valence-corrected chi connectivity index (χ1v) is 10.3. The predicted molar refractivity (Wildman–Crippen MR) is 108 cm³/mol. The fourth-order valence-electron chi connectivity index (χ4n) is 3.36. The van der Waals surface area contributed by atoms with E-state index in [9.17, 15) is 14.4 Å². The second-order valence-electron chi connectivity index (χ2n) is 6.92. The van der Waals surface area contributed by atoms with Crippen LogP contribution in [0, 0.1) is 0 Å². The van der Waals surface area contributed by atoms with Gasteiger partial charge in [-0.25, -0.2) is 9.78 Å². The summed E-state index contributed by atoms with van der Waals surface area (Å²) in [5.41, 5.74) is 1.85. The van der Waals surface area contributed by atoms with Gasteiger partial charge in [0.2, 0.25) is 0 Å². The Hall–Kier alpha value is -3.00. The Morgan fingerprint density at radius 1 is 1.21 bits per heavy atom. The zero-order chi connectivity index (χ0) is 20.4. The Labute approximate surface area is 170 Å². The summed E-state index contributed by atoms with van der Waals surface area (Å²) in [4.78, 5) is 42.3. The average molecular weight is 412 g/mol. The number of hydrogen-bond donors (Lipinski definition) is 0. The van der Waals surface area contributed by atoms with Crippen molar-refractivity contribution >= 4 is 28.1 Å². The lowest BCUT2D eigenvalue weighted by atomic mass is 10.0. The van der Waals surface area contributed by atoms with Gasteiger partial charge in [0.05, 0.1) is 5.69 Å². The summed E-state index contributed by atoms with van der Waals surface area (Å²) in [7, 11) is 0. The van der Waals surface area contributed by atoms with Crippen molar-refractivity contribution in [2.24, 2.45) is 0 Å². The highest BCUT2D eigenvalue weighted by Crippen LogP contribution is 2.28. The van der Waals surface area contributed by atoms with Gasteiger partial charge in [-0.3, -0.25) is 14.0 Å². The van der Waals surface area contributed by atoms with Gasteiger partial charge in [-0.1, -0.05) is 12.1 Å². The van der Waals surface area contributed by atoms with Gasteiger partial charge in [0.1, 0.15) is 12.4 Å². The van der Waals surface area contributed by atoms with Crippen molar-refractivity contribution in [3.8, 4) is 5.75 Å². The molecule has 0 N–H and O–H groups in total. The van der Waals surface area contributed by atoms with E-state index in [1.165, 1.54) is 29.2 Å². The van der Waals surface area contributed by atoms with Crippen LogP contribution < -0.4 is 10.3 Å². The van der Waals surface area contributed by atoms with Crippen LogP contribution in [0.3, 0.4) is 0 Å². The Morgan fingerprint density at radius 3 is 2.86 bits per heavy atom. The number of Topliss-reactive ketones (excluding diaryl/α,β-unsaturated/α-hetero) is 1. The number of carbonyl (C=O) groups is 2. The maximum Gasteiger partial charge on any atom is 0.344 e. The number of ketones is 1. The molecule has 2 heterocycles. The molecule has 2 aromatic heterocycles. The third-order valence-corrected chi connectivity index (χ3v) is 5.94. The minimum absolute atomic E-state index is 0.0824. The predicted octanol–water partition coefficient (Wildman–Crippen LogP) is 2.96. The summed E-state index contributed by atoms with van der Waals surface area (Å²) in [5.74, 6) is -0.247. The van der Waals surface area contributed by atoms with E-state index < -0.39 is 5.97 Å². The number of thiazole rings is 1. The molecule has 1 aliphatic carbocycles. The number of aromatic nitrogens is 2. The molecule has 0 bridgehead atoms. The minimum Gasteiger partial charge on any atom is -0.482 e. The Bertz CT molecular complexity index is 1150. The van der Waals surface area contributed by atoms with Crippen LogP contribution in [0.25, 0.3) is 4.96 Å². The number of hydrogen-bond acceptors (Lipinski definition) is 7. The van der Waals surface area contributed by atoms with E-state index in [0.29, 0.717) is 22.0 Å². The summed E-state index contributed by atoms with van der Waals surface area (Å²) in [6.07, 6.45) is 4.09. The topological polar surface area (TPSA) is 87.0 Å². The van der Waals surface area contributed by atoms with E-state index in [4.69, 9.17) is 9.47 Å². The molecule has 0 fully saturated rings. The number of rotatable bonds is 6. The molecule has 0 unspecified atom stereocenters. The lowest BCUT2D eigenvalue weighted by Gasteiger charge is -2.10. The van der Waals surface area contributed by atoms with Crippen molar-refractivity contribution < 1.29 is 19.1 Å². The van der Waals surface area contributed by atoms with Crippen LogP contribution in [-0.2, 0) is 29.0 Å². The first-order chi connectivity index (χ1) is 14.0. The van der Waals surface area contributed by atoms with Gasteiger partial charge in [-0.05, 0) is 44.7 Å². The van der Waals surface area contributed by atoms with Crippen LogP contribution in [0.1, 0.15) is 46.4 Å². The van der Waals surface area contributed by atoms with Gasteiger partial charge in [0.15, 0.2) is 17.4 Å². The molecule has 29 heavy (non-hydrogen) atoms. The SMILES string of the molecule is CC(=O)c1cccc(OCC(=O)OCc2cc(=O)n3c4c(sc3n2)CCCC4)c1. The Morgan fingerprint density at radius 2 is 2.03 bits per heavy atom. The third-order valence-electron chi connectivity index (χ3n) is 4.79. The molecule has 0 saturated carbocycles. The highest BCUT2D eigenvalue weighted by molar-refractivity contribution is 7.17. The lowest BCUT2D eigenvalue weighted by molar-refractivity contribution is -0.147. The molecule has 0 amide bonds. The summed E-state index contributed by atoms with van der Waals surface area (Å²) >= 11 is 1.53. The highest BCUT2D eigenvalue weighted by atomic mass is 32.1. The molecular weight excluding hydrogens is 392 g/mol. The first kappa shape index (κ1) is 19.3. The lowest BCUT2D eigenvalue weighted by Crippen LogP contribution is -2.19. The van der Waals surface area contributed by atoms with Crippen molar-refractivity contribution in [1.29, 1.82) is 0 Å². The maximum atomic E-state index is 12.5. The number of aryl methyl sites for hydroxylation is 2. The van der Waals surface area contributed by atoms with Crippen molar-refractivity contribution in [2.45, 2.75) is 39.2 Å². The van der Waals surface area contributed by atoms with E-state index >= 15 is 0 Å². The maximum absolute atomic E-state index is 12.5. The molecule has 4 rings (SSSR count). The number of esters is 1. The molecule has 0 saturated heterocycles. The second-order valence-corrected chi connectivity index (χ2v) is 7.98. The molecule has 0 atom stereocenters. The molecule has 3 aromatic rings. The molecule has 1 aromatic carbocycles. The summed E-state index contributed by atoms with van der Waals surface area (Å²) < 4.78 is 12.3. The van der Waals surface area contributed by atoms with Gasteiger partial charge in [-0.15, -0.1) is 11.3 Å². The Balaban J connectivity index is 1.39. The van der Waals surface area contributed by atoms with Crippen LogP contribution in [0.2, 0.25) is 0 Å². The van der Waals surface area contributed by atoms with Crippen LogP contribution in [-0.4, -0.2) is 27.7 Å². The van der Waals surface area contributed by atoms with E-state index in [1.54, 1.807) is 28.7 Å². The first-order valence-electron chi connectivity index (χ1n) is 9.44. The van der Waals surface area contributed by atoms with Crippen LogP contribution >= 0.6 is 11.3 Å². The molecular formula is C21H20N2O5S. The summed E-state index contributed by atoms with van der Waals surface area (Å²) in [6.45, 7) is 1.07. The number of ether oxygens (including phenoxy) is 2. The van der Waals surface area contributed by atoms with Gasteiger partial charge in [0, 0.05) is 22.2 Å². The van der Waals surface area contributed by atoms with E-state index in [0.717, 1.165) is 31.4 Å². The fourth-order valence-corrected chi connectivity index (χ4v) is 4.59. The van der Waals surface area contributed by atoms with Crippen LogP contribution in [0.4, 0.5) is 0 Å². The molecule has 0 aliphatic heterocycles. The van der Waals surface area contributed by atoms with Crippen molar-refractivity contribution in [2.75, 3.05) is 6.61 Å². The highest BCUT2D eigenvalue weighted by Gasteiger charge is 2.18. The van der Waals surface area contributed by atoms with Crippen molar-refractivity contribution in [3.05, 3.63) is 62.5 Å². The molecule has 1 aliphatic rings. The van der Waals surface area contributed by atoms with Crippen molar-refractivity contribution in [1.82, 2.24) is 9.38 Å². The van der Waals surface area contributed by atoms with Crippen LogP contribution in [0.5, 0.6) is 5.75 Å². The van der Waals surface area contributed by atoms with Gasteiger partial charge in [0.25, 0.3) is 5.56 Å². The quantitative estimate of drug-likeness (QED) is 0.457. The molecule has 0 radical (unpaired) electrons. The number of carbonyl (C=O) groups excluding carboxylic acids is 2. The van der Waals surface area contributed by atoms with E-state index in [1.807, 2.05) is 0 Å². The summed E-state index contributed by atoms with van der Waals surface area (Å²) in [6, 6.07) is 8.01. The molecule has 0 spiro atoms. The summed E-state index contributed by atoms with van der Waals surface area (Å²) in [5, 5.41) is 0. The zero-order valence-electron chi connectivity index (χ0n) is 16.0. The Kier molecular flexibility index (Phi) is 5.44. The smallest absolute Gasteiger partial charge is 0.344 e. The van der Waals surface area contributed by atoms with Crippen LogP contribution in [0.15, 0.2) is 35.1 Å². The largest absolute Gasteiger partial charge is 0.482 e. The number of nitrogens with zero attached hydrogens (tertiary/aromatic N) is 2. The van der Waals surface area contributed by atoms with Gasteiger partial charge < -0.3 is 9.47 Å². The number of fused-ring (bicyclic) bond motifs is 3. The molecule has 150 valence electrons. The van der Waals surface area contributed by atoms with E-state index in [2.05, 4.69) is 4.98 Å². The molecule has 7 nitrogen and oxygen atoms in total. The number of benzene rings is 1. The third kappa shape index (κ3) is 4.22. The average Bonchev–Trinajstić information content (AvgIpc) is 3.09. The molecule has 8 heteroatoms. The minimum atomic E-state index is -0.578. The van der Waals surface area contributed by atoms with Gasteiger partial charge in [-0.2, -0.15) is 0 Å². The monoisotopic (exact) mass is 412 g/mol. The normalized spacial score (nSPS) is 13.1. The second kappa shape index (κ2) is 8.16. The van der Waals surface area contributed by atoms with Crippen molar-refractivity contribution in [3.63, 3.8) is 0 Å². The fraction of sp³-hybridized carbons (Fsp3) is 0.333. The van der Waals surface area contributed by atoms with E-state index in [-0.39, 0.29) is 24.6 Å².